The standard InChI is InChI=1S/C17H21FN4O3/c1-24-11-15-20-16(25-21-15)10-19-17(23)22-9-3-2-4-14(22)12-5-7-13(18)8-6-12/h5-8,14H,2-4,9-11H2,1H3,(H,19,23)/t14-/m0/s1. The first-order chi connectivity index (χ1) is 12.2. The number of halogens is 1. The lowest BCUT2D eigenvalue weighted by molar-refractivity contribution is 0.150. The normalized spacial score (nSPS) is 17.5. The number of nitrogens with zero attached hydrogens (tertiary/aromatic N) is 3. The Hall–Kier alpha value is -2.48. The van der Waals surface area contributed by atoms with Crippen molar-refractivity contribution in [3.05, 3.63) is 47.4 Å². The Kier molecular flexibility index (Phi) is 5.60. The summed E-state index contributed by atoms with van der Waals surface area (Å²) in [5.74, 6) is 0.489. The molecule has 8 heteroatoms. The number of likely N-dealkylation sites (tertiary alicyclic amines) is 1. The van der Waals surface area contributed by atoms with E-state index < -0.39 is 0 Å². The van der Waals surface area contributed by atoms with Crippen molar-refractivity contribution in [3.63, 3.8) is 0 Å². The zero-order valence-electron chi connectivity index (χ0n) is 14.1. The van der Waals surface area contributed by atoms with Crippen LogP contribution in [0.1, 0.15) is 42.6 Å². The summed E-state index contributed by atoms with van der Waals surface area (Å²) in [6.45, 7) is 1.07. The van der Waals surface area contributed by atoms with Gasteiger partial charge in [0.05, 0.1) is 12.6 Å². The van der Waals surface area contributed by atoms with Gasteiger partial charge in [-0.15, -0.1) is 0 Å². The van der Waals surface area contributed by atoms with Gasteiger partial charge in [0.2, 0.25) is 5.89 Å². The van der Waals surface area contributed by atoms with Crippen LogP contribution in [0.4, 0.5) is 9.18 Å². The van der Waals surface area contributed by atoms with Crippen LogP contribution in [-0.2, 0) is 17.9 Å². The molecule has 1 atom stereocenters. The molecule has 25 heavy (non-hydrogen) atoms. The minimum Gasteiger partial charge on any atom is -0.377 e. The summed E-state index contributed by atoms with van der Waals surface area (Å²) in [6.07, 6.45) is 2.84. The highest BCUT2D eigenvalue weighted by Crippen LogP contribution is 2.30. The van der Waals surface area contributed by atoms with Crippen LogP contribution in [0.2, 0.25) is 0 Å². The van der Waals surface area contributed by atoms with E-state index in [1.807, 2.05) is 0 Å². The fourth-order valence-corrected chi connectivity index (χ4v) is 3.01. The molecule has 134 valence electrons. The van der Waals surface area contributed by atoms with E-state index in [1.165, 1.54) is 12.1 Å². The fourth-order valence-electron chi connectivity index (χ4n) is 3.01. The summed E-state index contributed by atoms with van der Waals surface area (Å²) in [5, 5.41) is 6.57. The third-order valence-corrected chi connectivity index (χ3v) is 4.19. The van der Waals surface area contributed by atoms with E-state index >= 15 is 0 Å². The molecule has 7 nitrogen and oxygen atoms in total. The molecule has 1 aromatic heterocycles. The fraction of sp³-hybridized carbons (Fsp3) is 0.471. The minimum absolute atomic E-state index is 0.0545. The van der Waals surface area contributed by atoms with Crippen molar-refractivity contribution >= 4 is 6.03 Å². The number of ether oxygens (including phenoxy) is 1. The highest BCUT2D eigenvalue weighted by Gasteiger charge is 2.28. The molecule has 1 saturated heterocycles. The van der Waals surface area contributed by atoms with Crippen LogP contribution in [0.5, 0.6) is 0 Å². The molecular weight excluding hydrogens is 327 g/mol. The summed E-state index contributed by atoms with van der Waals surface area (Å²) in [5.41, 5.74) is 0.941. The molecule has 1 aliphatic heterocycles. The summed E-state index contributed by atoms with van der Waals surface area (Å²) in [7, 11) is 1.55. The van der Waals surface area contributed by atoms with Gasteiger partial charge in [-0.05, 0) is 37.0 Å². The number of carbonyl (C=O) groups excluding carboxylic acids is 1. The molecule has 0 radical (unpaired) electrons. The van der Waals surface area contributed by atoms with Crippen molar-refractivity contribution in [2.24, 2.45) is 0 Å². The second-order valence-electron chi connectivity index (χ2n) is 5.95. The van der Waals surface area contributed by atoms with Crippen LogP contribution >= 0.6 is 0 Å². The number of benzene rings is 1. The van der Waals surface area contributed by atoms with Gasteiger partial charge in [-0.2, -0.15) is 4.98 Å². The van der Waals surface area contributed by atoms with Crippen molar-refractivity contribution in [2.45, 2.75) is 38.5 Å². The van der Waals surface area contributed by atoms with Crippen LogP contribution in [0, 0.1) is 5.82 Å². The van der Waals surface area contributed by atoms with E-state index in [-0.39, 0.29) is 31.0 Å². The Morgan fingerprint density at radius 2 is 2.20 bits per heavy atom. The Labute approximate surface area is 145 Å². The quantitative estimate of drug-likeness (QED) is 0.899. The summed E-state index contributed by atoms with van der Waals surface area (Å²) < 4.78 is 23.1. The average Bonchev–Trinajstić information content (AvgIpc) is 3.08. The molecule has 2 heterocycles. The number of amides is 2. The largest absolute Gasteiger partial charge is 0.377 e. The van der Waals surface area contributed by atoms with Crippen LogP contribution in [-0.4, -0.2) is 34.7 Å². The number of hydrogen-bond donors (Lipinski definition) is 1. The van der Waals surface area contributed by atoms with Crippen molar-refractivity contribution < 1.29 is 18.4 Å². The van der Waals surface area contributed by atoms with Crippen LogP contribution in [0.25, 0.3) is 0 Å². The van der Waals surface area contributed by atoms with Crippen molar-refractivity contribution in [1.82, 2.24) is 20.4 Å². The number of carbonyl (C=O) groups is 1. The molecule has 0 spiro atoms. The van der Waals surface area contributed by atoms with Crippen molar-refractivity contribution in [2.75, 3.05) is 13.7 Å². The predicted octanol–water partition coefficient (Wildman–Crippen LogP) is 2.79. The minimum atomic E-state index is -0.279. The van der Waals surface area contributed by atoms with Crippen LogP contribution in [0.15, 0.2) is 28.8 Å². The lowest BCUT2D eigenvalue weighted by Crippen LogP contribution is -2.44. The first-order valence-electron chi connectivity index (χ1n) is 8.27. The lowest BCUT2D eigenvalue weighted by Gasteiger charge is -2.36. The molecule has 1 aliphatic rings. The van der Waals surface area contributed by atoms with Gasteiger partial charge in [-0.3, -0.25) is 0 Å². The maximum atomic E-state index is 13.1. The van der Waals surface area contributed by atoms with Crippen LogP contribution < -0.4 is 5.32 Å². The number of methoxy groups -OCH3 is 1. The lowest BCUT2D eigenvalue weighted by atomic mass is 9.95. The molecule has 2 amide bonds. The maximum absolute atomic E-state index is 13.1. The van der Waals surface area contributed by atoms with Gasteiger partial charge >= 0.3 is 6.03 Å². The monoisotopic (exact) mass is 348 g/mol. The Morgan fingerprint density at radius 3 is 2.96 bits per heavy atom. The average molecular weight is 348 g/mol. The first-order valence-corrected chi connectivity index (χ1v) is 8.27. The van der Waals surface area contributed by atoms with Crippen LogP contribution in [0.3, 0.4) is 0 Å². The maximum Gasteiger partial charge on any atom is 0.318 e. The van der Waals surface area contributed by atoms with Crippen molar-refractivity contribution in [3.8, 4) is 0 Å². The molecule has 1 aromatic carbocycles. The molecular formula is C17H21FN4O3. The first kappa shape index (κ1) is 17.3. The Balaban J connectivity index is 1.63. The third kappa shape index (κ3) is 4.33. The van der Waals surface area contributed by atoms with Gasteiger partial charge in [-0.25, -0.2) is 9.18 Å². The van der Waals surface area contributed by atoms with Gasteiger partial charge in [0, 0.05) is 13.7 Å². The Morgan fingerprint density at radius 1 is 1.40 bits per heavy atom. The Bertz CT molecular complexity index is 704. The number of rotatable bonds is 5. The molecule has 1 fully saturated rings. The molecule has 0 aliphatic carbocycles. The van der Waals surface area contributed by atoms with E-state index in [1.54, 1.807) is 24.1 Å². The van der Waals surface area contributed by atoms with E-state index in [0.29, 0.717) is 18.3 Å². The zero-order valence-corrected chi connectivity index (χ0v) is 14.1. The highest BCUT2D eigenvalue weighted by atomic mass is 19.1. The van der Waals surface area contributed by atoms with Crippen molar-refractivity contribution in [1.29, 1.82) is 0 Å². The second-order valence-corrected chi connectivity index (χ2v) is 5.95. The van der Waals surface area contributed by atoms with Gasteiger partial charge in [0.15, 0.2) is 5.82 Å². The topological polar surface area (TPSA) is 80.5 Å². The summed E-state index contributed by atoms with van der Waals surface area (Å²) in [6, 6.07) is 6.08. The second kappa shape index (κ2) is 8.06. The third-order valence-electron chi connectivity index (χ3n) is 4.19. The number of urea groups is 1. The van der Waals surface area contributed by atoms with Gasteiger partial charge in [0.25, 0.3) is 0 Å². The molecule has 3 rings (SSSR count). The van der Waals surface area contributed by atoms with E-state index in [0.717, 1.165) is 24.8 Å². The molecule has 0 saturated carbocycles. The van der Waals surface area contributed by atoms with Gasteiger partial charge in [-0.1, -0.05) is 17.3 Å². The molecule has 1 N–H and O–H groups in total. The number of aromatic nitrogens is 2. The number of hydrogen-bond acceptors (Lipinski definition) is 5. The SMILES string of the molecule is COCc1noc(CNC(=O)N2CCCC[C@H]2c2ccc(F)cc2)n1. The summed E-state index contributed by atoms with van der Waals surface area (Å²) in [4.78, 5) is 18.5. The number of nitrogens with one attached hydrogen (secondary N) is 1. The van der Waals surface area contributed by atoms with Gasteiger partial charge in [0.1, 0.15) is 12.4 Å². The number of piperidine rings is 1. The van der Waals surface area contributed by atoms with E-state index in [9.17, 15) is 9.18 Å². The van der Waals surface area contributed by atoms with E-state index in [4.69, 9.17) is 9.26 Å². The summed E-state index contributed by atoms with van der Waals surface area (Å²) >= 11 is 0. The highest BCUT2D eigenvalue weighted by molar-refractivity contribution is 5.74. The van der Waals surface area contributed by atoms with Gasteiger partial charge < -0.3 is 19.5 Å². The molecule has 0 bridgehead atoms. The predicted molar refractivity (Wildman–Crippen MR) is 86.9 cm³/mol. The molecule has 2 aromatic rings. The zero-order chi connectivity index (χ0) is 17.6. The smallest absolute Gasteiger partial charge is 0.318 e. The molecule has 0 unspecified atom stereocenters. The van der Waals surface area contributed by atoms with E-state index in [2.05, 4.69) is 15.5 Å².